The number of nitrogens with one attached hydrogen (secondary N) is 1. The Kier molecular flexibility index (Phi) is 6.08. The molecule has 6 nitrogen and oxygen atoms in total. The largest absolute Gasteiger partial charge is 0.494 e. The fourth-order valence-corrected chi connectivity index (χ4v) is 3.93. The van der Waals surface area contributed by atoms with Crippen LogP contribution in [0.2, 0.25) is 0 Å². The molecule has 1 N–H and O–H groups in total. The number of rotatable bonds is 7. The van der Waals surface area contributed by atoms with Crippen LogP contribution in [-0.2, 0) is 11.2 Å². The van der Waals surface area contributed by atoms with Crippen LogP contribution in [0.4, 0.5) is 10.2 Å². The second kappa shape index (κ2) is 9.09. The Labute approximate surface area is 183 Å². The molecule has 158 valence electrons. The Balaban J connectivity index is 1.45. The van der Waals surface area contributed by atoms with Crippen molar-refractivity contribution >= 4 is 23.1 Å². The quantitative estimate of drug-likeness (QED) is 0.442. The topological polar surface area (TPSA) is 69.0 Å². The summed E-state index contributed by atoms with van der Waals surface area (Å²) in [4.78, 5) is 17.2. The van der Waals surface area contributed by atoms with E-state index in [0.29, 0.717) is 23.8 Å². The molecule has 2 aromatic carbocycles. The molecule has 0 atom stereocenters. The maximum Gasteiger partial charge on any atom is 0.231 e. The highest BCUT2D eigenvalue weighted by Gasteiger charge is 2.14. The number of thiazole rings is 1. The van der Waals surface area contributed by atoms with Gasteiger partial charge in [-0.1, -0.05) is 0 Å². The Hall–Kier alpha value is -3.52. The first-order chi connectivity index (χ1) is 15.0. The lowest BCUT2D eigenvalue weighted by Gasteiger charge is -2.08. The van der Waals surface area contributed by atoms with Gasteiger partial charge in [-0.25, -0.2) is 14.1 Å². The first-order valence-corrected chi connectivity index (χ1v) is 10.7. The van der Waals surface area contributed by atoms with Crippen molar-refractivity contribution < 1.29 is 13.9 Å². The summed E-state index contributed by atoms with van der Waals surface area (Å²) in [6, 6.07) is 15.4. The van der Waals surface area contributed by atoms with Gasteiger partial charge < -0.3 is 10.1 Å². The molecular weight excluding hydrogens is 415 g/mol. The van der Waals surface area contributed by atoms with E-state index in [0.717, 1.165) is 22.0 Å². The zero-order valence-corrected chi connectivity index (χ0v) is 17.9. The lowest BCUT2D eigenvalue weighted by Crippen LogP contribution is -2.17. The first-order valence-electron chi connectivity index (χ1n) is 9.82. The predicted octanol–water partition coefficient (Wildman–Crippen LogP) is 5.02. The molecule has 4 rings (SSSR count). The normalized spacial score (nSPS) is 10.8. The second-order valence-electron chi connectivity index (χ2n) is 6.89. The molecule has 0 aliphatic rings. The monoisotopic (exact) mass is 436 g/mol. The fraction of sp³-hybridized carbons (Fsp3) is 0.174. The number of nitrogens with zero attached hydrogens (tertiary/aromatic N) is 3. The number of halogens is 1. The van der Waals surface area contributed by atoms with Crippen LogP contribution < -0.4 is 10.1 Å². The van der Waals surface area contributed by atoms with Crippen LogP contribution in [0.1, 0.15) is 18.3 Å². The number of carbonyl (C=O) groups is 1. The summed E-state index contributed by atoms with van der Waals surface area (Å²) in [6.45, 7) is 4.40. The van der Waals surface area contributed by atoms with E-state index in [9.17, 15) is 9.18 Å². The second-order valence-corrected chi connectivity index (χ2v) is 7.74. The highest BCUT2D eigenvalue weighted by molar-refractivity contribution is 7.13. The molecule has 4 aromatic rings. The Morgan fingerprint density at radius 3 is 2.61 bits per heavy atom. The molecule has 0 aliphatic carbocycles. The highest BCUT2D eigenvalue weighted by Crippen LogP contribution is 2.26. The molecular formula is C23H21FN4O2S. The molecule has 0 fully saturated rings. The van der Waals surface area contributed by atoms with E-state index in [1.54, 1.807) is 22.9 Å². The Morgan fingerprint density at radius 1 is 1.16 bits per heavy atom. The van der Waals surface area contributed by atoms with Gasteiger partial charge >= 0.3 is 0 Å². The molecule has 0 unspecified atom stereocenters. The zero-order valence-electron chi connectivity index (χ0n) is 17.1. The summed E-state index contributed by atoms with van der Waals surface area (Å²) in [6.07, 6.45) is 0.140. The van der Waals surface area contributed by atoms with Gasteiger partial charge in [0.1, 0.15) is 22.4 Å². The summed E-state index contributed by atoms with van der Waals surface area (Å²) in [5.74, 6) is 0.809. The van der Waals surface area contributed by atoms with E-state index in [1.807, 2.05) is 43.5 Å². The lowest BCUT2D eigenvalue weighted by molar-refractivity contribution is -0.115. The molecule has 8 heteroatoms. The van der Waals surface area contributed by atoms with E-state index in [4.69, 9.17) is 4.74 Å². The van der Waals surface area contributed by atoms with Gasteiger partial charge in [-0.15, -0.1) is 11.3 Å². The molecule has 0 saturated heterocycles. The average molecular weight is 437 g/mol. The number of ether oxygens (including phenoxy) is 1. The van der Waals surface area contributed by atoms with E-state index >= 15 is 0 Å². The van der Waals surface area contributed by atoms with Crippen molar-refractivity contribution in [2.75, 3.05) is 11.9 Å². The minimum Gasteiger partial charge on any atom is -0.494 e. The molecule has 2 aromatic heterocycles. The Bertz CT molecular complexity index is 1180. The number of benzene rings is 2. The van der Waals surface area contributed by atoms with Crippen LogP contribution in [0.5, 0.6) is 5.75 Å². The number of anilines is 1. The number of amides is 1. The number of hydrogen-bond donors (Lipinski definition) is 1. The van der Waals surface area contributed by atoms with E-state index < -0.39 is 0 Å². The van der Waals surface area contributed by atoms with Gasteiger partial charge in [-0.2, -0.15) is 5.10 Å². The fourth-order valence-electron chi connectivity index (χ4n) is 3.10. The van der Waals surface area contributed by atoms with Gasteiger partial charge in [-0.3, -0.25) is 4.79 Å². The highest BCUT2D eigenvalue weighted by atomic mass is 32.1. The third kappa shape index (κ3) is 4.97. The van der Waals surface area contributed by atoms with Crippen LogP contribution in [0.3, 0.4) is 0 Å². The standard InChI is InChI=1S/C23H21FN4O2S/c1-3-30-20-10-4-16(5-11-20)23-25-18(14-31-23)13-22(29)26-21-12-15(2)27-28(21)19-8-6-17(24)7-9-19/h4-12,14H,3,13H2,1-2H3,(H,26,29). The van der Waals surface area contributed by atoms with Crippen molar-refractivity contribution in [2.24, 2.45) is 0 Å². The van der Waals surface area contributed by atoms with Crippen LogP contribution >= 0.6 is 11.3 Å². The summed E-state index contributed by atoms with van der Waals surface area (Å²) >= 11 is 1.49. The molecule has 0 saturated carbocycles. The molecule has 0 aliphatic heterocycles. The number of aryl methyl sites for hydroxylation is 1. The van der Waals surface area contributed by atoms with Crippen LogP contribution in [-0.4, -0.2) is 27.3 Å². The third-order valence-corrected chi connectivity index (χ3v) is 5.42. The lowest BCUT2D eigenvalue weighted by atomic mass is 10.2. The molecule has 2 heterocycles. The average Bonchev–Trinajstić information content (AvgIpc) is 3.36. The molecule has 0 bridgehead atoms. The van der Waals surface area contributed by atoms with Crippen molar-refractivity contribution in [1.29, 1.82) is 0 Å². The van der Waals surface area contributed by atoms with Crippen molar-refractivity contribution in [3.63, 3.8) is 0 Å². The summed E-state index contributed by atoms with van der Waals surface area (Å²) in [5, 5.41) is 10.00. The number of hydrogen-bond acceptors (Lipinski definition) is 5. The van der Waals surface area contributed by atoms with Gasteiger partial charge in [0.15, 0.2) is 0 Å². The van der Waals surface area contributed by atoms with Gasteiger partial charge in [-0.05, 0) is 62.4 Å². The zero-order chi connectivity index (χ0) is 21.8. The van der Waals surface area contributed by atoms with E-state index in [1.165, 1.54) is 23.5 Å². The third-order valence-electron chi connectivity index (χ3n) is 4.48. The first kappa shape index (κ1) is 20.7. The summed E-state index contributed by atoms with van der Waals surface area (Å²) < 4.78 is 20.3. The van der Waals surface area contributed by atoms with Crippen LogP contribution in [0, 0.1) is 12.7 Å². The minimum absolute atomic E-state index is 0.140. The van der Waals surface area contributed by atoms with E-state index in [-0.39, 0.29) is 18.1 Å². The van der Waals surface area contributed by atoms with E-state index in [2.05, 4.69) is 15.4 Å². The van der Waals surface area contributed by atoms with Crippen LogP contribution in [0.25, 0.3) is 16.3 Å². The summed E-state index contributed by atoms with van der Waals surface area (Å²) in [5.41, 5.74) is 3.07. The van der Waals surface area contributed by atoms with Gasteiger partial charge in [0.2, 0.25) is 5.91 Å². The van der Waals surface area contributed by atoms with Crippen molar-refractivity contribution in [3.05, 3.63) is 77.2 Å². The smallest absolute Gasteiger partial charge is 0.231 e. The summed E-state index contributed by atoms with van der Waals surface area (Å²) in [7, 11) is 0. The van der Waals surface area contributed by atoms with Gasteiger partial charge in [0, 0.05) is 17.0 Å². The maximum absolute atomic E-state index is 13.2. The molecule has 31 heavy (non-hydrogen) atoms. The number of aromatic nitrogens is 3. The Morgan fingerprint density at radius 2 is 1.90 bits per heavy atom. The minimum atomic E-state index is -0.329. The molecule has 1 amide bonds. The molecule has 0 spiro atoms. The van der Waals surface area contributed by atoms with Crippen molar-refractivity contribution in [1.82, 2.24) is 14.8 Å². The van der Waals surface area contributed by atoms with Crippen LogP contribution in [0.15, 0.2) is 60.0 Å². The SMILES string of the molecule is CCOc1ccc(-c2nc(CC(=O)Nc3cc(C)nn3-c3ccc(F)cc3)cs2)cc1. The molecule has 0 radical (unpaired) electrons. The maximum atomic E-state index is 13.2. The predicted molar refractivity (Wildman–Crippen MR) is 119 cm³/mol. The van der Waals surface area contributed by atoms with Crippen molar-refractivity contribution in [2.45, 2.75) is 20.3 Å². The number of carbonyl (C=O) groups excluding carboxylic acids is 1. The van der Waals surface area contributed by atoms with Gasteiger partial charge in [0.05, 0.1) is 30.1 Å². The van der Waals surface area contributed by atoms with Gasteiger partial charge in [0.25, 0.3) is 0 Å². The van der Waals surface area contributed by atoms with Crippen molar-refractivity contribution in [3.8, 4) is 22.0 Å².